The van der Waals surface area contributed by atoms with Crippen LogP contribution in [-0.4, -0.2) is 13.1 Å². The van der Waals surface area contributed by atoms with E-state index in [9.17, 15) is 0 Å². The van der Waals surface area contributed by atoms with Crippen molar-refractivity contribution in [2.24, 2.45) is 5.41 Å². The van der Waals surface area contributed by atoms with Gasteiger partial charge in [0, 0.05) is 15.5 Å². The van der Waals surface area contributed by atoms with Crippen molar-refractivity contribution in [3.63, 3.8) is 0 Å². The van der Waals surface area contributed by atoms with E-state index in [0.717, 1.165) is 15.9 Å². The van der Waals surface area contributed by atoms with Crippen LogP contribution < -0.4 is 5.32 Å². The highest BCUT2D eigenvalue weighted by Crippen LogP contribution is 2.51. The number of halogens is 2. The molecule has 1 unspecified atom stereocenters. The number of benzene rings is 1. The van der Waals surface area contributed by atoms with Gasteiger partial charge in [0.15, 0.2) is 0 Å². The third-order valence-electron chi connectivity index (χ3n) is 3.80. The molecule has 1 aromatic carbocycles. The van der Waals surface area contributed by atoms with E-state index in [1.165, 1.54) is 18.4 Å². The average molecular weight is 303 g/mol. The summed E-state index contributed by atoms with van der Waals surface area (Å²) < 4.78 is 1.05. The molecule has 0 saturated heterocycles. The molecule has 0 bridgehead atoms. The van der Waals surface area contributed by atoms with Gasteiger partial charge < -0.3 is 5.32 Å². The molecule has 1 nitrogen and oxygen atoms in total. The second kappa shape index (κ2) is 4.67. The molecule has 16 heavy (non-hydrogen) atoms. The topological polar surface area (TPSA) is 12.0 Å². The Morgan fingerprint density at radius 3 is 2.69 bits per heavy atom. The Bertz CT molecular complexity index is 388. The fourth-order valence-electron chi connectivity index (χ4n) is 2.27. The molecule has 1 aliphatic rings. The maximum atomic E-state index is 6.26. The van der Waals surface area contributed by atoms with Crippen LogP contribution in [0.15, 0.2) is 22.7 Å². The molecule has 1 fully saturated rings. The molecule has 3 heteroatoms. The smallest absolute Gasteiger partial charge is 0.0449 e. The van der Waals surface area contributed by atoms with Crippen molar-refractivity contribution in [2.45, 2.75) is 32.2 Å². The third kappa shape index (κ3) is 2.44. The molecular formula is C13H17BrClN. The Balaban J connectivity index is 2.15. The summed E-state index contributed by atoms with van der Waals surface area (Å²) in [5.41, 5.74) is 1.70. The summed E-state index contributed by atoms with van der Waals surface area (Å²) >= 11 is 9.70. The molecule has 1 aromatic rings. The van der Waals surface area contributed by atoms with Crippen molar-refractivity contribution in [3.05, 3.63) is 33.3 Å². The Hall–Kier alpha value is -0.0500. The summed E-state index contributed by atoms with van der Waals surface area (Å²) in [4.78, 5) is 0. The van der Waals surface area contributed by atoms with Gasteiger partial charge in [-0.2, -0.15) is 0 Å². The molecule has 1 saturated carbocycles. The SMILES string of the molecule is CNC(C)C1(Cc2ccc(Br)cc2Cl)CC1. The lowest BCUT2D eigenvalue weighted by atomic mass is 9.90. The van der Waals surface area contributed by atoms with E-state index >= 15 is 0 Å². The quantitative estimate of drug-likeness (QED) is 0.885. The highest BCUT2D eigenvalue weighted by Gasteiger charge is 2.46. The Kier molecular flexibility index (Phi) is 3.62. The van der Waals surface area contributed by atoms with E-state index in [-0.39, 0.29) is 0 Å². The van der Waals surface area contributed by atoms with Crippen LogP contribution in [0, 0.1) is 5.41 Å². The largest absolute Gasteiger partial charge is 0.317 e. The van der Waals surface area contributed by atoms with Gasteiger partial charge in [0.05, 0.1) is 0 Å². The Morgan fingerprint density at radius 2 is 2.19 bits per heavy atom. The first-order chi connectivity index (χ1) is 7.57. The molecular weight excluding hydrogens is 286 g/mol. The van der Waals surface area contributed by atoms with E-state index in [0.29, 0.717) is 11.5 Å². The minimum Gasteiger partial charge on any atom is -0.317 e. The van der Waals surface area contributed by atoms with Gasteiger partial charge >= 0.3 is 0 Å². The highest BCUT2D eigenvalue weighted by atomic mass is 79.9. The normalized spacial score (nSPS) is 19.5. The zero-order valence-electron chi connectivity index (χ0n) is 9.69. The zero-order valence-corrected chi connectivity index (χ0v) is 12.0. The van der Waals surface area contributed by atoms with Crippen molar-refractivity contribution < 1.29 is 0 Å². The van der Waals surface area contributed by atoms with E-state index < -0.39 is 0 Å². The first-order valence-electron chi connectivity index (χ1n) is 5.68. The predicted molar refractivity (Wildman–Crippen MR) is 73.0 cm³/mol. The Morgan fingerprint density at radius 1 is 1.50 bits per heavy atom. The second-order valence-electron chi connectivity index (χ2n) is 4.79. The first kappa shape index (κ1) is 12.4. The van der Waals surface area contributed by atoms with Gasteiger partial charge in [-0.3, -0.25) is 0 Å². The summed E-state index contributed by atoms with van der Waals surface area (Å²) in [6, 6.07) is 6.75. The summed E-state index contributed by atoms with van der Waals surface area (Å²) in [7, 11) is 2.04. The van der Waals surface area contributed by atoms with Gasteiger partial charge in [0.25, 0.3) is 0 Å². The predicted octanol–water partition coefficient (Wildman–Crippen LogP) is 4.03. The van der Waals surface area contributed by atoms with Gasteiger partial charge in [-0.15, -0.1) is 0 Å². The number of hydrogen-bond donors (Lipinski definition) is 1. The van der Waals surface area contributed by atoms with Crippen molar-refractivity contribution in [3.8, 4) is 0 Å². The molecule has 0 heterocycles. The monoisotopic (exact) mass is 301 g/mol. The molecule has 88 valence electrons. The van der Waals surface area contributed by atoms with Gasteiger partial charge in [0.1, 0.15) is 0 Å². The fourth-order valence-corrected chi connectivity index (χ4v) is 3.01. The van der Waals surface area contributed by atoms with Crippen LogP contribution in [0.4, 0.5) is 0 Å². The summed E-state index contributed by atoms with van der Waals surface area (Å²) in [6.45, 7) is 2.26. The van der Waals surface area contributed by atoms with Crippen LogP contribution in [0.3, 0.4) is 0 Å². The minimum atomic E-state index is 0.437. The van der Waals surface area contributed by atoms with E-state index in [1.54, 1.807) is 0 Å². The molecule has 0 amide bonds. The van der Waals surface area contributed by atoms with Crippen LogP contribution in [-0.2, 0) is 6.42 Å². The molecule has 0 aromatic heterocycles. The average Bonchev–Trinajstić information content (AvgIpc) is 3.02. The lowest BCUT2D eigenvalue weighted by molar-refractivity contribution is 0.369. The Labute approximate surface area is 111 Å². The van der Waals surface area contributed by atoms with Crippen molar-refractivity contribution >= 4 is 27.5 Å². The van der Waals surface area contributed by atoms with Gasteiger partial charge in [-0.25, -0.2) is 0 Å². The minimum absolute atomic E-state index is 0.437. The first-order valence-corrected chi connectivity index (χ1v) is 6.86. The van der Waals surface area contributed by atoms with Crippen LogP contribution in [0.1, 0.15) is 25.3 Å². The van der Waals surface area contributed by atoms with Crippen LogP contribution in [0.5, 0.6) is 0 Å². The van der Waals surface area contributed by atoms with Gasteiger partial charge in [-0.05, 0) is 56.3 Å². The van der Waals surface area contributed by atoms with Crippen LogP contribution in [0.2, 0.25) is 5.02 Å². The maximum Gasteiger partial charge on any atom is 0.0449 e. The molecule has 1 atom stereocenters. The highest BCUT2D eigenvalue weighted by molar-refractivity contribution is 9.10. The van der Waals surface area contributed by atoms with E-state index in [4.69, 9.17) is 11.6 Å². The van der Waals surface area contributed by atoms with Crippen molar-refractivity contribution in [1.29, 1.82) is 0 Å². The summed E-state index contributed by atoms with van der Waals surface area (Å²) in [5.74, 6) is 0. The molecule has 0 radical (unpaired) electrons. The molecule has 0 aliphatic heterocycles. The number of rotatable bonds is 4. The maximum absolute atomic E-state index is 6.26. The fraction of sp³-hybridized carbons (Fsp3) is 0.538. The third-order valence-corrected chi connectivity index (χ3v) is 4.65. The lowest BCUT2D eigenvalue weighted by Crippen LogP contribution is -2.33. The summed E-state index contributed by atoms with van der Waals surface area (Å²) in [5, 5.41) is 4.25. The van der Waals surface area contributed by atoms with E-state index in [1.807, 2.05) is 13.1 Å². The van der Waals surface area contributed by atoms with Gasteiger partial charge in [0.2, 0.25) is 0 Å². The van der Waals surface area contributed by atoms with Crippen molar-refractivity contribution in [2.75, 3.05) is 7.05 Å². The lowest BCUT2D eigenvalue weighted by Gasteiger charge is -2.23. The number of hydrogen-bond acceptors (Lipinski definition) is 1. The van der Waals surface area contributed by atoms with Crippen LogP contribution in [0.25, 0.3) is 0 Å². The zero-order chi connectivity index (χ0) is 11.8. The van der Waals surface area contributed by atoms with Gasteiger partial charge in [-0.1, -0.05) is 33.6 Å². The number of nitrogens with one attached hydrogen (secondary N) is 1. The molecule has 2 rings (SSSR count). The molecule has 0 spiro atoms. The molecule has 1 N–H and O–H groups in total. The second-order valence-corrected chi connectivity index (χ2v) is 6.11. The van der Waals surface area contributed by atoms with Crippen LogP contribution >= 0.6 is 27.5 Å². The van der Waals surface area contributed by atoms with Crippen molar-refractivity contribution in [1.82, 2.24) is 5.32 Å². The summed E-state index contributed by atoms with van der Waals surface area (Å²) in [6.07, 6.45) is 3.70. The molecule has 1 aliphatic carbocycles. The standard InChI is InChI=1S/C13H17BrClN/c1-9(16-2)13(5-6-13)8-10-3-4-11(14)7-12(10)15/h3-4,7,9,16H,5-6,8H2,1-2H3. The van der Waals surface area contributed by atoms with E-state index in [2.05, 4.69) is 40.3 Å².